The SMILES string of the molecule is CC1CCC2C(CCC3(C)C(C#N)CCC23)C1(C)C. The molecular weight excluding hydrogens is 230 g/mol. The van der Waals surface area contributed by atoms with E-state index in [4.69, 9.17) is 0 Å². The monoisotopic (exact) mass is 259 g/mol. The van der Waals surface area contributed by atoms with Gasteiger partial charge in [-0.15, -0.1) is 0 Å². The Hall–Kier alpha value is -0.510. The summed E-state index contributed by atoms with van der Waals surface area (Å²) < 4.78 is 0. The standard InChI is InChI=1S/C18H29N/c1-12-5-7-14-15(17(12,2)3)9-10-18(4)13(11-19)6-8-16(14)18/h12-16H,5-10H2,1-4H3. The Morgan fingerprint density at radius 1 is 0.947 bits per heavy atom. The van der Waals surface area contributed by atoms with Crippen molar-refractivity contribution in [3.63, 3.8) is 0 Å². The summed E-state index contributed by atoms with van der Waals surface area (Å²) in [7, 11) is 0. The average Bonchev–Trinajstić information content (AvgIpc) is 2.70. The zero-order valence-electron chi connectivity index (χ0n) is 13.1. The number of rotatable bonds is 0. The second-order valence-electron chi connectivity index (χ2n) is 8.48. The third kappa shape index (κ3) is 1.71. The molecule has 0 aliphatic heterocycles. The molecule has 3 aliphatic rings. The van der Waals surface area contributed by atoms with Gasteiger partial charge in [0.1, 0.15) is 0 Å². The minimum absolute atomic E-state index is 0.334. The summed E-state index contributed by atoms with van der Waals surface area (Å²) in [6, 6.07) is 2.63. The normalized spacial score (nSPS) is 52.1. The summed E-state index contributed by atoms with van der Waals surface area (Å²) in [4.78, 5) is 0. The maximum Gasteiger partial charge on any atom is 0.0661 e. The van der Waals surface area contributed by atoms with E-state index in [2.05, 4.69) is 33.8 Å². The van der Waals surface area contributed by atoms with Gasteiger partial charge in [-0.25, -0.2) is 0 Å². The lowest BCUT2D eigenvalue weighted by atomic mass is 9.48. The summed E-state index contributed by atoms with van der Waals surface area (Å²) >= 11 is 0. The number of hydrogen-bond donors (Lipinski definition) is 0. The van der Waals surface area contributed by atoms with Crippen molar-refractivity contribution >= 4 is 0 Å². The second kappa shape index (κ2) is 4.24. The average molecular weight is 259 g/mol. The van der Waals surface area contributed by atoms with E-state index in [1.807, 2.05) is 0 Å². The highest BCUT2D eigenvalue weighted by Gasteiger charge is 2.57. The highest BCUT2D eigenvalue weighted by Crippen LogP contribution is 2.65. The highest BCUT2D eigenvalue weighted by molar-refractivity contribution is 5.11. The Bertz CT molecular complexity index is 404. The smallest absolute Gasteiger partial charge is 0.0661 e. The maximum atomic E-state index is 9.46. The van der Waals surface area contributed by atoms with Crippen LogP contribution in [0, 0.1) is 51.8 Å². The molecule has 0 heterocycles. The van der Waals surface area contributed by atoms with E-state index in [-0.39, 0.29) is 0 Å². The predicted octanol–water partition coefficient (Wildman–Crippen LogP) is 5.02. The molecule has 0 aromatic carbocycles. The van der Waals surface area contributed by atoms with Gasteiger partial charge in [-0.05, 0) is 73.0 Å². The molecule has 0 bridgehead atoms. The highest BCUT2D eigenvalue weighted by atomic mass is 14.6. The van der Waals surface area contributed by atoms with Crippen LogP contribution in [0.2, 0.25) is 0 Å². The molecule has 0 aromatic heterocycles. The van der Waals surface area contributed by atoms with Gasteiger partial charge in [-0.1, -0.05) is 27.7 Å². The summed E-state index contributed by atoms with van der Waals surface area (Å²) in [6.07, 6.45) is 7.98. The Kier molecular flexibility index (Phi) is 3.01. The topological polar surface area (TPSA) is 23.8 Å². The molecule has 19 heavy (non-hydrogen) atoms. The lowest BCUT2D eigenvalue weighted by Crippen LogP contribution is -2.50. The van der Waals surface area contributed by atoms with Crippen LogP contribution in [-0.2, 0) is 0 Å². The molecule has 0 N–H and O–H groups in total. The van der Waals surface area contributed by atoms with Crippen LogP contribution in [0.3, 0.4) is 0 Å². The molecule has 3 fully saturated rings. The maximum absolute atomic E-state index is 9.46. The van der Waals surface area contributed by atoms with Gasteiger partial charge in [0.25, 0.3) is 0 Å². The third-order valence-electron chi connectivity index (χ3n) is 7.75. The van der Waals surface area contributed by atoms with E-state index in [1.165, 1.54) is 32.1 Å². The van der Waals surface area contributed by atoms with E-state index in [0.29, 0.717) is 16.7 Å². The van der Waals surface area contributed by atoms with Gasteiger partial charge in [-0.3, -0.25) is 0 Å². The van der Waals surface area contributed by atoms with E-state index < -0.39 is 0 Å². The summed E-state index contributed by atoms with van der Waals surface area (Å²) in [6.45, 7) is 9.90. The van der Waals surface area contributed by atoms with Crippen molar-refractivity contribution in [2.75, 3.05) is 0 Å². The number of hydrogen-bond acceptors (Lipinski definition) is 1. The largest absolute Gasteiger partial charge is 0.198 e. The van der Waals surface area contributed by atoms with Crippen molar-refractivity contribution in [1.29, 1.82) is 5.26 Å². The fraction of sp³-hybridized carbons (Fsp3) is 0.944. The molecule has 3 rings (SSSR count). The molecule has 6 unspecified atom stereocenters. The molecule has 1 heteroatoms. The predicted molar refractivity (Wildman–Crippen MR) is 78.3 cm³/mol. The van der Waals surface area contributed by atoms with Crippen LogP contribution < -0.4 is 0 Å². The fourth-order valence-electron chi connectivity index (χ4n) is 6.01. The van der Waals surface area contributed by atoms with Crippen LogP contribution in [0.25, 0.3) is 0 Å². The zero-order valence-corrected chi connectivity index (χ0v) is 13.1. The molecule has 6 atom stereocenters. The number of fused-ring (bicyclic) bond motifs is 3. The quantitative estimate of drug-likeness (QED) is 0.599. The van der Waals surface area contributed by atoms with Crippen molar-refractivity contribution in [3.8, 4) is 6.07 Å². The van der Waals surface area contributed by atoms with Crippen molar-refractivity contribution in [2.45, 2.75) is 66.2 Å². The molecule has 3 saturated carbocycles. The minimum Gasteiger partial charge on any atom is -0.198 e. The van der Waals surface area contributed by atoms with Crippen LogP contribution in [0.4, 0.5) is 0 Å². The van der Waals surface area contributed by atoms with E-state index in [0.717, 1.165) is 30.1 Å². The van der Waals surface area contributed by atoms with Crippen LogP contribution in [0.1, 0.15) is 66.2 Å². The van der Waals surface area contributed by atoms with Gasteiger partial charge in [-0.2, -0.15) is 5.26 Å². The van der Waals surface area contributed by atoms with Gasteiger partial charge in [0.15, 0.2) is 0 Å². The van der Waals surface area contributed by atoms with Crippen molar-refractivity contribution in [1.82, 2.24) is 0 Å². The lowest BCUT2D eigenvalue weighted by Gasteiger charge is -2.57. The molecule has 106 valence electrons. The zero-order chi connectivity index (χ0) is 13.8. The minimum atomic E-state index is 0.334. The Labute approximate surface area is 118 Å². The van der Waals surface area contributed by atoms with Gasteiger partial charge >= 0.3 is 0 Å². The van der Waals surface area contributed by atoms with Crippen molar-refractivity contribution in [3.05, 3.63) is 0 Å². The molecule has 0 radical (unpaired) electrons. The molecular formula is C18H29N. The molecule has 0 saturated heterocycles. The molecule has 0 aromatic rings. The molecule has 0 spiro atoms. The van der Waals surface area contributed by atoms with Crippen LogP contribution in [0.5, 0.6) is 0 Å². The Morgan fingerprint density at radius 3 is 2.37 bits per heavy atom. The van der Waals surface area contributed by atoms with Gasteiger partial charge < -0.3 is 0 Å². The summed E-state index contributed by atoms with van der Waals surface area (Å²) in [5.74, 6) is 3.85. The third-order valence-corrected chi connectivity index (χ3v) is 7.75. The Morgan fingerprint density at radius 2 is 1.68 bits per heavy atom. The van der Waals surface area contributed by atoms with E-state index in [9.17, 15) is 5.26 Å². The van der Waals surface area contributed by atoms with E-state index >= 15 is 0 Å². The summed E-state index contributed by atoms with van der Waals surface area (Å²) in [5, 5.41) is 9.46. The molecule has 3 aliphatic carbocycles. The van der Waals surface area contributed by atoms with E-state index in [1.54, 1.807) is 0 Å². The lowest BCUT2D eigenvalue weighted by molar-refractivity contribution is -0.0790. The second-order valence-corrected chi connectivity index (χ2v) is 8.48. The summed E-state index contributed by atoms with van der Waals surface area (Å²) in [5.41, 5.74) is 0.849. The first-order valence-electron chi connectivity index (χ1n) is 8.31. The molecule has 0 amide bonds. The van der Waals surface area contributed by atoms with Crippen molar-refractivity contribution < 1.29 is 0 Å². The fourth-order valence-corrected chi connectivity index (χ4v) is 6.01. The van der Waals surface area contributed by atoms with Crippen LogP contribution >= 0.6 is 0 Å². The first-order chi connectivity index (χ1) is 8.91. The van der Waals surface area contributed by atoms with Crippen LogP contribution in [-0.4, -0.2) is 0 Å². The first kappa shape index (κ1) is 13.5. The first-order valence-corrected chi connectivity index (χ1v) is 8.31. The van der Waals surface area contributed by atoms with Gasteiger partial charge in [0.2, 0.25) is 0 Å². The van der Waals surface area contributed by atoms with Crippen molar-refractivity contribution in [2.24, 2.45) is 40.4 Å². The number of nitriles is 1. The number of nitrogens with zero attached hydrogens (tertiary/aromatic N) is 1. The van der Waals surface area contributed by atoms with Gasteiger partial charge in [0.05, 0.1) is 12.0 Å². The molecule has 1 nitrogen and oxygen atoms in total. The van der Waals surface area contributed by atoms with Crippen LogP contribution in [0.15, 0.2) is 0 Å². The van der Waals surface area contributed by atoms with Gasteiger partial charge in [0, 0.05) is 0 Å². The Balaban J connectivity index is 1.90.